The molecule has 100 valence electrons. The highest BCUT2D eigenvalue weighted by Gasteiger charge is 2.19. The summed E-state index contributed by atoms with van der Waals surface area (Å²) in [5.41, 5.74) is 1.31. The number of hydrogen-bond donors (Lipinski definition) is 1. The quantitative estimate of drug-likeness (QED) is 0.870. The second kappa shape index (κ2) is 6.24. The molecule has 2 heteroatoms. The molecule has 1 fully saturated rings. The van der Waals surface area contributed by atoms with E-state index in [-0.39, 0.29) is 0 Å². The monoisotopic (exact) mass is 247 g/mol. The first kappa shape index (κ1) is 13.4. The molecule has 0 spiro atoms. The van der Waals surface area contributed by atoms with E-state index >= 15 is 0 Å². The fraction of sp³-hybridized carbons (Fsp3) is 0.625. The van der Waals surface area contributed by atoms with Gasteiger partial charge in [0, 0.05) is 12.1 Å². The zero-order valence-corrected chi connectivity index (χ0v) is 11.8. The highest BCUT2D eigenvalue weighted by Crippen LogP contribution is 2.26. The van der Waals surface area contributed by atoms with E-state index in [0.717, 1.165) is 11.7 Å². The Bertz CT molecular complexity index is 369. The largest absolute Gasteiger partial charge is 0.497 e. The molecule has 0 amide bonds. The van der Waals surface area contributed by atoms with E-state index in [2.05, 4.69) is 37.4 Å². The van der Waals surface area contributed by atoms with Crippen molar-refractivity contribution in [1.29, 1.82) is 0 Å². The van der Waals surface area contributed by atoms with Crippen molar-refractivity contribution < 1.29 is 4.74 Å². The van der Waals surface area contributed by atoms with Crippen LogP contribution in [-0.4, -0.2) is 13.2 Å². The van der Waals surface area contributed by atoms with E-state index in [0.29, 0.717) is 12.1 Å². The van der Waals surface area contributed by atoms with E-state index < -0.39 is 0 Å². The zero-order chi connectivity index (χ0) is 13.0. The van der Waals surface area contributed by atoms with E-state index in [1.807, 2.05) is 6.07 Å². The van der Waals surface area contributed by atoms with E-state index in [1.54, 1.807) is 7.11 Å². The van der Waals surface area contributed by atoms with Crippen molar-refractivity contribution >= 4 is 0 Å². The van der Waals surface area contributed by atoms with Crippen LogP contribution in [0.1, 0.15) is 51.1 Å². The maximum atomic E-state index is 5.28. The Hall–Kier alpha value is -1.02. The number of nitrogens with one attached hydrogen (secondary N) is 1. The SMILES string of the molecule is COc1cccc([C@@H](C)NC2CCC(C)CC2)c1. The number of rotatable bonds is 4. The van der Waals surface area contributed by atoms with Gasteiger partial charge >= 0.3 is 0 Å². The summed E-state index contributed by atoms with van der Waals surface area (Å²) in [4.78, 5) is 0. The first-order valence-corrected chi connectivity index (χ1v) is 7.09. The van der Waals surface area contributed by atoms with Crippen molar-refractivity contribution in [3.05, 3.63) is 29.8 Å². The van der Waals surface area contributed by atoms with Crippen LogP contribution in [0.3, 0.4) is 0 Å². The molecule has 18 heavy (non-hydrogen) atoms. The third-order valence-corrected chi connectivity index (χ3v) is 4.10. The lowest BCUT2D eigenvalue weighted by Crippen LogP contribution is -2.34. The topological polar surface area (TPSA) is 21.3 Å². The van der Waals surface area contributed by atoms with Crippen LogP contribution in [0.15, 0.2) is 24.3 Å². The van der Waals surface area contributed by atoms with Crippen LogP contribution in [0.2, 0.25) is 0 Å². The lowest BCUT2D eigenvalue weighted by atomic mass is 9.87. The summed E-state index contributed by atoms with van der Waals surface area (Å²) >= 11 is 0. The Balaban J connectivity index is 1.92. The second-order valence-electron chi connectivity index (χ2n) is 5.62. The van der Waals surface area contributed by atoms with Gasteiger partial charge in [-0.2, -0.15) is 0 Å². The first-order valence-electron chi connectivity index (χ1n) is 7.09. The Morgan fingerprint density at radius 3 is 2.61 bits per heavy atom. The van der Waals surface area contributed by atoms with Gasteiger partial charge in [0.05, 0.1) is 7.11 Å². The van der Waals surface area contributed by atoms with Crippen LogP contribution in [0.25, 0.3) is 0 Å². The molecular formula is C16H25NO. The summed E-state index contributed by atoms with van der Waals surface area (Å²) in [6.45, 7) is 4.61. The zero-order valence-electron chi connectivity index (χ0n) is 11.8. The molecule has 0 saturated heterocycles. The Kier molecular flexibility index (Phi) is 4.65. The molecule has 1 saturated carbocycles. The van der Waals surface area contributed by atoms with E-state index in [1.165, 1.54) is 31.2 Å². The summed E-state index contributed by atoms with van der Waals surface area (Å²) in [6, 6.07) is 9.45. The van der Waals surface area contributed by atoms with Crippen LogP contribution >= 0.6 is 0 Å². The summed E-state index contributed by atoms with van der Waals surface area (Å²) in [6.07, 6.45) is 5.36. The molecule has 1 aromatic carbocycles. The van der Waals surface area contributed by atoms with Gasteiger partial charge in [0.15, 0.2) is 0 Å². The molecule has 1 N–H and O–H groups in total. The fourth-order valence-corrected chi connectivity index (χ4v) is 2.79. The molecule has 1 atom stereocenters. The molecule has 0 radical (unpaired) electrons. The average Bonchev–Trinajstić information content (AvgIpc) is 2.41. The molecule has 2 rings (SSSR count). The van der Waals surface area contributed by atoms with E-state index in [4.69, 9.17) is 4.74 Å². The molecule has 2 nitrogen and oxygen atoms in total. The van der Waals surface area contributed by atoms with Gasteiger partial charge in [0.1, 0.15) is 5.75 Å². The number of methoxy groups -OCH3 is 1. The lowest BCUT2D eigenvalue weighted by molar-refractivity contribution is 0.291. The van der Waals surface area contributed by atoms with Gasteiger partial charge in [-0.15, -0.1) is 0 Å². The maximum absolute atomic E-state index is 5.28. The van der Waals surface area contributed by atoms with Crippen molar-refractivity contribution in [3.63, 3.8) is 0 Å². The summed E-state index contributed by atoms with van der Waals surface area (Å²) < 4.78 is 5.28. The predicted octanol–water partition coefficient (Wildman–Crippen LogP) is 3.92. The van der Waals surface area contributed by atoms with Gasteiger partial charge in [0.25, 0.3) is 0 Å². The van der Waals surface area contributed by atoms with E-state index in [9.17, 15) is 0 Å². The lowest BCUT2D eigenvalue weighted by Gasteiger charge is -2.30. The summed E-state index contributed by atoms with van der Waals surface area (Å²) in [5.74, 6) is 1.86. The Morgan fingerprint density at radius 1 is 1.22 bits per heavy atom. The molecule has 0 aliphatic heterocycles. The highest BCUT2D eigenvalue weighted by molar-refractivity contribution is 5.30. The van der Waals surface area contributed by atoms with Crippen molar-refractivity contribution in [2.75, 3.05) is 7.11 Å². The predicted molar refractivity (Wildman–Crippen MR) is 76.0 cm³/mol. The molecule has 0 bridgehead atoms. The van der Waals surface area contributed by atoms with Gasteiger partial charge in [-0.3, -0.25) is 0 Å². The van der Waals surface area contributed by atoms with Crippen LogP contribution < -0.4 is 10.1 Å². The molecule has 1 aromatic rings. The van der Waals surface area contributed by atoms with Gasteiger partial charge in [-0.25, -0.2) is 0 Å². The smallest absolute Gasteiger partial charge is 0.119 e. The van der Waals surface area contributed by atoms with Crippen LogP contribution in [-0.2, 0) is 0 Å². The highest BCUT2D eigenvalue weighted by atomic mass is 16.5. The third-order valence-electron chi connectivity index (χ3n) is 4.10. The standard InChI is InChI=1S/C16H25NO/c1-12-7-9-15(10-8-12)17-13(2)14-5-4-6-16(11-14)18-3/h4-6,11-13,15,17H,7-10H2,1-3H3/t12?,13-,15?/m1/s1. The fourth-order valence-electron chi connectivity index (χ4n) is 2.79. The van der Waals surface area contributed by atoms with Crippen molar-refractivity contribution in [2.45, 2.75) is 51.6 Å². The first-order chi connectivity index (χ1) is 8.69. The van der Waals surface area contributed by atoms with Crippen molar-refractivity contribution in [2.24, 2.45) is 5.92 Å². The minimum Gasteiger partial charge on any atom is -0.497 e. The molecule has 0 heterocycles. The Morgan fingerprint density at radius 2 is 1.94 bits per heavy atom. The van der Waals surface area contributed by atoms with Crippen LogP contribution in [0, 0.1) is 5.92 Å². The third kappa shape index (κ3) is 3.49. The molecular weight excluding hydrogens is 222 g/mol. The maximum Gasteiger partial charge on any atom is 0.119 e. The van der Waals surface area contributed by atoms with Gasteiger partial charge in [0.2, 0.25) is 0 Å². The van der Waals surface area contributed by atoms with Gasteiger partial charge < -0.3 is 10.1 Å². The Labute approximate surface area is 111 Å². The van der Waals surface area contributed by atoms with Crippen LogP contribution in [0.4, 0.5) is 0 Å². The normalized spacial score (nSPS) is 25.7. The van der Waals surface area contributed by atoms with Gasteiger partial charge in [-0.05, 0) is 56.2 Å². The molecule has 1 aliphatic rings. The average molecular weight is 247 g/mol. The summed E-state index contributed by atoms with van der Waals surface area (Å²) in [5, 5.41) is 3.75. The number of hydrogen-bond acceptors (Lipinski definition) is 2. The molecule has 1 aliphatic carbocycles. The second-order valence-corrected chi connectivity index (χ2v) is 5.62. The van der Waals surface area contributed by atoms with Crippen molar-refractivity contribution in [1.82, 2.24) is 5.32 Å². The summed E-state index contributed by atoms with van der Waals surface area (Å²) in [7, 11) is 1.72. The minimum atomic E-state index is 0.401. The van der Waals surface area contributed by atoms with Crippen molar-refractivity contribution in [3.8, 4) is 5.75 Å². The molecule has 0 unspecified atom stereocenters. The number of benzene rings is 1. The van der Waals surface area contributed by atoms with Crippen LogP contribution in [0.5, 0.6) is 5.75 Å². The number of ether oxygens (including phenoxy) is 1. The molecule has 0 aromatic heterocycles. The minimum absolute atomic E-state index is 0.401. The van der Waals surface area contributed by atoms with Gasteiger partial charge in [-0.1, -0.05) is 19.1 Å².